The van der Waals surface area contributed by atoms with Gasteiger partial charge in [-0.2, -0.15) is 0 Å². The summed E-state index contributed by atoms with van der Waals surface area (Å²) >= 11 is 3.34. The Kier molecular flexibility index (Phi) is 3.27. The second-order valence-corrected chi connectivity index (χ2v) is 13.5. The predicted octanol–water partition coefficient (Wildman–Crippen LogP) is 9.85. The van der Waals surface area contributed by atoms with E-state index in [9.17, 15) is 2.74 Å². The van der Waals surface area contributed by atoms with Crippen LogP contribution in [0.2, 0.25) is 0 Å². The number of anilines is 6. The molecule has 2 nitrogen and oxygen atoms in total. The van der Waals surface area contributed by atoms with Crippen LogP contribution >= 0.6 is 22.7 Å². The average Bonchev–Trinajstić information content (AvgIpc) is 3.78. The molecule has 0 spiro atoms. The van der Waals surface area contributed by atoms with Gasteiger partial charge < -0.3 is 9.80 Å². The van der Waals surface area contributed by atoms with Crippen molar-refractivity contribution in [3.63, 3.8) is 0 Å². The van der Waals surface area contributed by atoms with Crippen LogP contribution in [0.15, 0.2) is 139 Å². The molecular formula is C40H23BN2S2. The van der Waals surface area contributed by atoms with Crippen molar-refractivity contribution < 1.29 is 13.7 Å². The summed E-state index contributed by atoms with van der Waals surface area (Å²) in [6, 6.07) is 21.7. The summed E-state index contributed by atoms with van der Waals surface area (Å²) in [5.74, 6) is 0. The Morgan fingerprint density at radius 3 is 2.09 bits per heavy atom. The molecule has 0 saturated heterocycles. The van der Waals surface area contributed by atoms with Crippen molar-refractivity contribution in [1.29, 1.82) is 0 Å². The van der Waals surface area contributed by atoms with E-state index in [1.807, 2.05) is 42.5 Å². The molecule has 0 amide bonds. The van der Waals surface area contributed by atoms with Gasteiger partial charge in [-0.05, 0) is 64.6 Å². The first-order chi connectivity index (χ1) is 26.5. The fraction of sp³-hybridized carbons (Fsp3) is 0. The summed E-state index contributed by atoms with van der Waals surface area (Å²) in [5, 5.41) is 1.95. The number of hydrogen-bond acceptors (Lipinski definition) is 4. The minimum absolute atomic E-state index is 0.00976. The Labute approximate surface area is 283 Å². The Bertz CT molecular complexity index is 3050. The minimum atomic E-state index is -0.505. The molecule has 208 valence electrons. The second-order valence-electron chi connectivity index (χ2n) is 11.3. The number of nitrogens with zero attached hydrogens (tertiary/aromatic N) is 2. The van der Waals surface area contributed by atoms with E-state index >= 15 is 0 Å². The van der Waals surface area contributed by atoms with Gasteiger partial charge in [-0.25, -0.2) is 0 Å². The monoisotopic (exact) mass is 616 g/mol. The molecule has 5 heteroatoms. The third kappa shape index (κ3) is 3.09. The summed E-state index contributed by atoms with van der Waals surface area (Å²) < 4.78 is 92.2. The Morgan fingerprint density at radius 1 is 0.556 bits per heavy atom. The van der Waals surface area contributed by atoms with Gasteiger partial charge in [-0.15, -0.1) is 22.7 Å². The zero-order chi connectivity index (χ0) is 37.9. The van der Waals surface area contributed by atoms with Crippen LogP contribution in [0.4, 0.5) is 34.1 Å². The van der Waals surface area contributed by atoms with Crippen molar-refractivity contribution in [3.05, 3.63) is 139 Å². The number of rotatable bonds is 2. The van der Waals surface area contributed by atoms with Crippen molar-refractivity contribution in [1.82, 2.24) is 0 Å². The summed E-state index contributed by atoms with van der Waals surface area (Å²) in [4.78, 5) is 3.98. The first-order valence-corrected chi connectivity index (χ1v) is 16.2. The fourth-order valence-electron chi connectivity index (χ4n) is 7.45. The topological polar surface area (TPSA) is 6.48 Å². The number of hydrogen-bond donors (Lipinski definition) is 0. The van der Waals surface area contributed by atoms with Crippen molar-refractivity contribution >= 4 is 98.7 Å². The minimum Gasteiger partial charge on any atom is -0.310 e. The third-order valence-corrected chi connectivity index (χ3v) is 11.6. The van der Waals surface area contributed by atoms with Crippen LogP contribution in [-0.4, -0.2) is 6.71 Å². The highest BCUT2D eigenvalue weighted by Gasteiger charge is 2.48. The van der Waals surface area contributed by atoms with Crippen molar-refractivity contribution in [2.45, 2.75) is 0 Å². The average molecular weight is 617 g/mol. The summed E-state index contributed by atoms with van der Waals surface area (Å²) in [6.07, 6.45) is 0. The molecule has 3 aliphatic heterocycles. The highest BCUT2D eigenvalue weighted by molar-refractivity contribution is 7.40. The maximum Gasteiger partial charge on any atom is 0.277 e. The van der Waals surface area contributed by atoms with Crippen LogP contribution in [0, 0.1) is 0 Å². The zero-order valence-electron chi connectivity index (χ0n) is 33.3. The predicted molar refractivity (Wildman–Crippen MR) is 196 cm³/mol. The van der Waals surface area contributed by atoms with Crippen LogP contribution in [0.3, 0.4) is 0 Å². The molecule has 0 aliphatic carbocycles. The molecule has 0 N–H and O–H groups in total. The van der Waals surface area contributed by atoms with Crippen LogP contribution in [0.25, 0.3) is 42.4 Å². The quantitative estimate of drug-likeness (QED) is 0.179. The molecule has 11 rings (SSSR count). The molecule has 0 radical (unpaired) electrons. The molecule has 45 heavy (non-hydrogen) atoms. The first kappa shape index (κ1) is 16.8. The SMILES string of the molecule is [2H]c1c([2H])c([2H])c(-c2cc3c4c(c2)N2c5ccccc5-c5cccc6sc(c2c56)B4c2sc4ccccc4c2N3c2c([2H])c([2H])c([2H])c([2H])c2[2H])c([2H])c1[2H]. The van der Waals surface area contributed by atoms with E-state index in [-0.39, 0.29) is 42.1 Å². The van der Waals surface area contributed by atoms with Crippen LogP contribution in [0.1, 0.15) is 13.7 Å². The van der Waals surface area contributed by atoms with E-state index in [2.05, 4.69) is 35.2 Å². The van der Waals surface area contributed by atoms with Crippen molar-refractivity contribution in [3.8, 4) is 22.3 Å². The molecule has 6 aromatic carbocycles. The van der Waals surface area contributed by atoms with E-state index in [4.69, 9.17) is 11.0 Å². The normalized spacial score (nSPS) is 16.8. The maximum atomic E-state index is 9.27. The third-order valence-electron chi connectivity index (χ3n) is 9.12. The number of para-hydroxylation sites is 2. The maximum absolute atomic E-state index is 9.27. The summed E-state index contributed by atoms with van der Waals surface area (Å²) in [7, 11) is 0. The molecule has 0 unspecified atom stereocenters. The van der Waals surface area contributed by atoms with E-state index in [1.165, 1.54) is 0 Å². The van der Waals surface area contributed by atoms with Crippen LogP contribution < -0.4 is 24.8 Å². The molecular weight excluding hydrogens is 583 g/mol. The lowest BCUT2D eigenvalue weighted by Gasteiger charge is -2.44. The second kappa shape index (κ2) is 8.75. The van der Waals surface area contributed by atoms with E-state index in [1.54, 1.807) is 33.6 Å². The summed E-state index contributed by atoms with van der Waals surface area (Å²) in [6.45, 7) is -0.325. The van der Waals surface area contributed by atoms with E-state index in [0.29, 0.717) is 16.9 Å². The van der Waals surface area contributed by atoms with Gasteiger partial charge >= 0.3 is 0 Å². The fourth-order valence-corrected chi connectivity index (χ4v) is 10.2. The standard InChI is InChI=1S/C40H23BN2S2/c1-3-12-24(13-4-1)25-22-31-36-32(23-25)43-30-19-9-7-16-27(30)28-18-11-21-34-35(28)38(43)40(45-34)41(36)39-37(29-17-8-10-20-33(29)44-39)42(31)26-14-5-2-6-15-26/h1-23H/i1D,2D,3D,4D,5D,6D,12D,13D,14D,15D. The highest BCUT2D eigenvalue weighted by atomic mass is 32.1. The van der Waals surface area contributed by atoms with Gasteiger partial charge in [0.2, 0.25) is 0 Å². The van der Waals surface area contributed by atoms with Crippen LogP contribution in [0.5, 0.6) is 0 Å². The molecule has 0 atom stereocenters. The van der Waals surface area contributed by atoms with Crippen molar-refractivity contribution in [2.24, 2.45) is 0 Å². The largest absolute Gasteiger partial charge is 0.310 e. The van der Waals surface area contributed by atoms with Crippen LogP contribution in [-0.2, 0) is 0 Å². The number of fused-ring (bicyclic) bond motifs is 9. The lowest BCUT2D eigenvalue weighted by atomic mass is 9.39. The van der Waals surface area contributed by atoms with Gasteiger partial charge in [0.15, 0.2) is 0 Å². The molecule has 3 aliphatic rings. The lowest BCUT2D eigenvalue weighted by molar-refractivity contribution is 1.27. The zero-order valence-corrected chi connectivity index (χ0v) is 24.9. The molecule has 0 bridgehead atoms. The molecule has 0 saturated carbocycles. The van der Waals surface area contributed by atoms with Crippen molar-refractivity contribution in [2.75, 3.05) is 9.80 Å². The van der Waals surface area contributed by atoms with E-state index < -0.39 is 36.3 Å². The summed E-state index contributed by atoms with van der Waals surface area (Å²) in [5.41, 5.74) is 7.14. The highest BCUT2D eigenvalue weighted by Crippen LogP contribution is 2.56. The molecule has 5 heterocycles. The Hall–Kier alpha value is -5.10. The number of thiophene rings is 2. The van der Waals surface area contributed by atoms with Gasteiger partial charge in [0.05, 0.1) is 30.8 Å². The number of benzene rings is 6. The first-order valence-electron chi connectivity index (χ1n) is 19.6. The molecule has 0 fully saturated rings. The van der Waals surface area contributed by atoms with Gasteiger partial charge in [0.1, 0.15) is 0 Å². The van der Waals surface area contributed by atoms with Gasteiger partial charge in [-0.3, -0.25) is 0 Å². The molecule has 8 aromatic rings. The smallest absolute Gasteiger partial charge is 0.277 e. The van der Waals surface area contributed by atoms with Gasteiger partial charge in [0.25, 0.3) is 6.71 Å². The Balaban J connectivity index is 1.37. The Morgan fingerprint density at radius 2 is 1.22 bits per heavy atom. The molecule has 2 aromatic heterocycles. The van der Waals surface area contributed by atoms with E-state index in [0.717, 1.165) is 63.4 Å². The van der Waals surface area contributed by atoms with Gasteiger partial charge in [-0.1, -0.05) is 96.9 Å². The lowest BCUT2D eigenvalue weighted by Crippen LogP contribution is -2.59. The van der Waals surface area contributed by atoms with Gasteiger partial charge in [0, 0.05) is 52.4 Å².